The topological polar surface area (TPSA) is 95.9 Å². The first-order valence-electron chi connectivity index (χ1n) is 19.3. The molecule has 1 saturated carbocycles. The molecule has 4 fully saturated rings. The number of fused-ring (bicyclic) bond motifs is 4. The summed E-state index contributed by atoms with van der Waals surface area (Å²) in [5.41, 5.74) is 0.643. The lowest BCUT2D eigenvalue weighted by molar-refractivity contribution is -0.230. The second-order valence-corrected chi connectivity index (χ2v) is 16.0. The number of benzene rings is 2. The number of phenolic OH excluding ortho intramolecular Hbond substituents is 1. The number of aromatic nitrogens is 3. The fourth-order valence-corrected chi connectivity index (χ4v) is 9.69. The van der Waals surface area contributed by atoms with Crippen LogP contribution in [0.2, 0.25) is 0 Å². The van der Waals surface area contributed by atoms with Gasteiger partial charge < -0.3 is 24.8 Å². The summed E-state index contributed by atoms with van der Waals surface area (Å²) in [6.45, 7) is 3.66. The van der Waals surface area contributed by atoms with Gasteiger partial charge in [-0.1, -0.05) is 6.07 Å². The van der Waals surface area contributed by atoms with E-state index in [4.69, 9.17) is 30.8 Å². The molecule has 14 heteroatoms. The fourth-order valence-electron chi connectivity index (χ4n) is 9.69. The van der Waals surface area contributed by atoms with Crippen molar-refractivity contribution in [3.8, 4) is 35.4 Å². The molecule has 5 atom stereocenters. The molecule has 3 saturated heterocycles. The number of hydrogen-bond acceptors (Lipinski definition) is 9. The summed E-state index contributed by atoms with van der Waals surface area (Å²) < 4.78 is 85.5. The number of anilines is 1. The molecule has 2 N–H and O–H groups in total. The van der Waals surface area contributed by atoms with E-state index >= 15 is 4.39 Å². The molecule has 0 radical (unpaired) electrons. The lowest BCUT2D eigenvalue weighted by Crippen LogP contribution is -2.56. The summed E-state index contributed by atoms with van der Waals surface area (Å²) in [4.78, 5) is 18.9. The number of rotatable bonds is 9. The Morgan fingerprint density at radius 3 is 2.71 bits per heavy atom. The number of nitrogens with zero attached hydrogens (tertiary/aromatic N) is 5. The smallest absolute Gasteiger partial charge is 0.414 e. The zero-order chi connectivity index (χ0) is 38.2. The van der Waals surface area contributed by atoms with Gasteiger partial charge in [0.1, 0.15) is 35.2 Å². The molecule has 9 rings (SSSR count). The zero-order valence-electron chi connectivity index (χ0n) is 30.6. The van der Waals surface area contributed by atoms with E-state index in [9.17, 15) is 22.7 Å². The predicted octanol–water partition coefficient (Wildman–Crippen LogP) is 6.99. The van der Waals surface area contributed by atoms with E-state index < -0.39 is 35.4 Å². The molecule has 2 aromatic heterocycles. The van der Waals surface area contributed by atoms with E-state index in [0.29, 0.717) is 97.8 Å². The van der Waals surface area contributed by atoms with E-state index in [2.05, 4.69) is 21.0 Å². The molecule has 0 amide bonds. The summed E-state index contributed by atoms with van der Waals surface area (Å²) >= 11 is 0. The molecule has 4 aromatic rings. The van der Waals surface area contributed by atoms with Gasteiger partial charge in [-0.3, -0.25) is 4.90 Å². The van der Waals surface area contributed by atoms with Gasteiger partial charge in [0.15, 0.2) is 11.9 Å². The predicted molar refractivity (Wildman–Crippen MR) is 197 cm³/mol. The third-order valence-electron chi connectivity index (χ3n) is 12.6. The number of alkyl halides is 3. The fraction of sp³-hybridized carbons (Fsp3) is 0.537. The first-order valence-corrected chi connectivity index (χ1v) is 19.3. The molecule has 290 valence electrons. The van der Waals surface area contributed by atoms with Gasteiger partial charge >= 0.3 is 12.2 Å². The molecule has 5 aliphatic rings. The normalized spacial score (nSPS) is 25.8. The van der Waals surface area contributed by atoms with Gasteiger partial charge in [0.2, 0.25) is 0 Å². The maximum atomic E-state index is 17.3. The lowest BCUT2D eigenvalue weighted by Gasteiger charge is -2.40. The van der Waals surface area contributed by atoms with Crippen LogP contribution in [-0.2, 0) is 11.2 Å². The van der Waals surface area contributed by atoms with E-state index in [1.54, 1.807) is 13.0 Å². The first-order chi connectivity index (χ1) is 26.4. The van der Waals surface area contributed by atoms with E-state index in [1.165, 1.54) is 18.2 Å². The van der Waals surface area contributed by atoms with Crippen molar-refractivity contribution in [1.29, 1.82) is 0 Å². The maximum absolute atomic E-state index is 17.3. The molecule has 0 spiro atoms. The third-order valence-corrected chi connectivity index (χ3v) is 12.6. The van der Waals surface area contributed by atoms with Gasteiger partial charge in [0.05, 0.1) is 23.2 Å². The highest BCUT2D eigenvalue weighted by molar-refractivity contribution is 6.02. The minimum atomic E-state index is -4.39. The Morgan fingerprint density at radius 2 is 1.93 bits per heavy atom. The number of nitrogens with one attached hydrogen (secondary N) is 1. The van der Waals surface area contributed by atoms with Crippen LogP contribution in [0.1, 0.15) is 62.6 Å². The minimum absolute atomic E-state index is 0.000875. The molecule has 9 nitrogen and oxygen atoms in total. The average molecular weight is 763 g/mol. The first kappa shape index (κ1) is 36.3. The number of terminal acetylenes is 1. The summed E-state index contributed by atoms with van der Waals surface area (Å²) in [5.74, 6) is 1.45. The molecule has 1 unspecified atom stereocenters. The van der Waals surface area contributed by atoms with Gasteiger partial charge in [-0.2, -0.15) is 23.1 Å². The number of phenols is 1. The Kier molecular flexibility index (Phi) is 9.05. The van der Waals surface area contributed by atoms with E-state index in [1.807, 2.05) is 0 Å². The summed E-state index contributed by atoms with van der Waals surface area (Å²) in [7, 11) is 0. The highest BCUT2D eigenvalue weighted by Crippen LogP contribution is 2.46. The summed E-state index contributed by atoms with van der Waals surface area (Å²) in [6.07, 6.45) is 5.34. The monoisotopic (exact) mass is 762 g/mol. The van der Waals surface area contributed by atoms with Crippen LogP contribution in [0.25, 0.3) is 32.9 Å². The van der Waals surface area contributed by atoms with Crippen molar-refractivity contribution in [3.63, 3.8) is 0 Å². The van der Waals surface area contributed by atoms with E-state index in [0.717, 1.165) is 12.8 Å². The molecule has 1 aliphatic carbocycles. The Morgan fingerprint density at radius 1 is 1.09 bits per heavy atom. The van der Waals surface area contributed by atoms with Crippen LogP contribution in [0.4, 0.5) is 27.8 Å². The Labute approximate surface area is 315 Å². The van der Waals surface area contributed by atoms with Crippen molar-refractivity contribution in [2.75, 3.05) is 37.7 Å². The SMILES string of the molecule is C#CC[C@@H]1CN2c3nc(OC[C@@]45CCCN4[C@H](COC(C4CC4)C(F)(F)F)CC5)nc4c(F)c(-c5cc(O)cc6ccc(F)c(C)c56)nc(c34)CC[C@@H]2CN1. The lowest BCUT2D eigenvalue weighted by atomic mass is 9.95. The largest absolute Gasteiger partial charge is 0.508 e. The Hall–Kier alpha value is -4.32. The van der Waals surface area contributed by atoms with Crippen LogP contribution >= 0.6 is 0 Å². The van der Waals surface area contributed by atoms with Crippen LogP contribution in [-0.4, -0.2) is 93.8 Å². The van der Waals surface area contributed by atoms with Crippen LogP contribution < -0.4 is 15.0 Å². The number of ether oxygens (including phenoxy) is 2. The van der Waals surface area contributed by atoms with Crippen molar-refractivity contribution in [1.82, 2.24) is 25.2 Å². The molecule has 6 heterocycles. The third kappa shape index (κ3) is 6.42. The second-order valence-electron chi connectivity index (χ2n) is 16.0. The van der Waals surface area contributed by atoms with Crippen molar-refractivity contribution in [3.05, 3.63) is 47.2 Å². The van der Waals surface area contributed by atoms with Crippen molar-refractivity contribution >= 4 is 27.5 Å². The van der Waals surface area contributed by atoms with Crippen LogP contribution in [0, 0.1) is 36.8 Å². The molecule has 55 heavy (non-hydrogen) atoms. The van der Waals surface area contributed by atoms with Crippen LogP contribution in [0.3, 0.4) is 0 Å². The Bertz CT molecular complexity index is 2210. The standard InChI is InChI=1S/C41H43F5N6O3/c1-3-5-25-19-51-26(18-47-25)9-11-31-33-36(34(43)35(48-31)29-17-28(53)16-24-8-10-30(42)22(2)32(24)29)49-39(50-38(33)51)55-21-40-13-4-15-52(40)27(12-14-40)20-54-37(23-6-7-23)41(44,45)46/h1,8,10,16-17,23,25-27,37,47,53H,4-7,9,11-15,18-21H2,2H3/t25-,26-,27+,37?,40+/m1/s1. The average Bonchev–Trinajstić information content (AvgIpc) is 3.84. The Balaban J connectivity index is 1.10. The molecular weight excluding hydrogens is 719 g/mol. The molecule has 2 aromatic carbocycles. The number of aromatic hydroxyl groups is 1. The van der Waals surface area contributed by atoms with Gasteiger partial charge in [-0.05, 0) is 105 Å². The summed E-state index contributed by atoms with van der Waals surface area (Å²) in [5, 5.41) is 15.7. The second kappa shape index (κ2) is 13.7. The number of aryl methyl sites for hydroxylation is 2. The summed E-state index contributed by atoms with van der Waals surface area (Å²) in [6, 6.07) is 5.56. The van der Waals surface area contributed by atoms with E-state index in [-0.39, 0.29) is 59.9 Å². The number of hydrogen-bond donors (Lipinski definition) is 2. The molecule has 0 bridgehead atoms. The van der Waals surface area contributed by atoms with Crippen LogP contribution in [0.15, 0.2) is 24.3 Å². The number of piperazine rings is 1. The minimum Gasteiger partial charge on any atom is -0.508 e. The number of pyridine rings is 1. The maximum Gasteiger partial charge on any atom is 0.414 e. The zero-order valence-corrected chi connectivity index (χ0v) is 30.6. The number of halogens is 5. The highest BCUT2D eigenvalue weighted by Gasteiger charge is 2.53. The molecule has 4 aliphatic heterocycles. The van der Waals surface area contributed by atoms with Gasteiger partial charge in [-0.25, -0.2) is 13.8 Å². The quantitative estimate of drug-likeness (QED) is 0.138. The van der Waals surface area contributed by atoms with Crippen molar-refractivity contribution < 1.29 is 36.5 Å². The van der Waals surface area contributed by atoms with Gasteiger partial charge in [-0.15, -0.1) is 12.3 Å². The van der Waals surface area contributed by atoms with Gasteiger partial charge in [0.25, 0.3) is 0 Å². The highest BCUT2D eigenvalue weighted by atomic mass is 19.4. The van der Waals surface area contributed by atoms with Crippen LogP contribution in [0.5, 0.6) is 11.8 Å². The van der Waals surface area contributed by atoms with Gasteiger partial charge in [0, 0.05) is 43.2 Å². The van der Waals surface area contributed by atoms with Crippen molar-refractivity contribution in [2.45, 2.75) is 101 Å². The van der Waals surface area contributed by atoms with Crippen molar-refractivity contribution in [2.24, 2.45) is 5.92 Å². The molecular formula is C41H43F5N6O3.